The van der Waals surface area contributed by atoms with Crippen LogP contribution in [0.4, 0.5) is 0 Å². The van der Waals surface area contributed by atoms with E-state index in [0.717, 1.165) is 70.2 Å². The summed E-state index contributed by atoms with van der Waals surface area (Å²) >= 11 is 0. The normalized spacial score (nSPS) is 11.6. The maximum atomic E-state index is 5.72. The SMILES string of the molecule is CN=C(NCCCCOCCc1ccccc1)NCCCn1nc(C)cc1C. The number of benzene rings is 1. The lowest BCUT2D eigenvalue weighted by Crippen LogP contribution is -2.38. The van der Waals surface area contributed by atoms with Gasteiger partial charge in [-0.15, -0.1) is 0 Å². The van der Waals surface area contributed by atoms with Crippen molar-refractivity contribution in [1.29, 1.82) is 0 Å². The van der Waals surface area contributed by atoms with Crippen molar-refractivity contribution in [2.75, 3.05) is 33.4 Å². The lowest BCUT2D eigenvalue weighted by Gasteiger charge is -2.12. The minimum absolute atomic E-state index is 0.788. The summed E-state index contributed by atoms with van der Waals surface area (Å²) in [7, 11) is 1.81. The van der Waals surface area contributed by atoms with Crippen LogP contribution in [0.5, 0.6) is 0 Å². The van der Waals surface area contributed by atoms with Crippen molar-refractivity contribution in [3.05, 3.63) is 53.3 Å². The zero-order chi connectivity index (χ0) is 20.0. The molecule has 0 fully saturated rings. The van der Waals surface area contributed by atoms with Crippen LogP contribution in [0.3, 0.4) is 0 Å². The van der Waals surface area contributed by atoms with Crippen LogP contribution in [-0.2, 0) is 17.7 Å². The average Bonchev–Trinajstić information content (AvgIpc) is 3.03. The van der Waals surface area contributed by atoms with Crippen LogP contribution >= 0.6 is 0 Å². The van der Waals surface area contributed by atoms with Gasteiger partial charge in [-0.3, -0.25) is 9.67 Å². The number of guanidine groups is 1. The van der Waals surface area contributed by atoms with Gasteiger partial charge in [0.15, 0.2) is 5.96 Å². The molecule has 6 nitrogen and oxygen atoms in total. The molecular formula is C22H35N5O. The second kappa shape index (κ2) is 12.9. The fourth-order valence-electron chi connectivity index (χ4n) is 3.03. The maximum Gasteiger partial charge on any atom is 0.190 e. The first-order valence-electron chi connectivity index (χ1n) is 10.3. The number of nitrogens with one attached hydrogen (secondary N) is 2. The highest BCUT2D eigenvalue weighted by atomic mass is 16.5. The van der Waals surface area contributed by atoms with Crippen LogP contribution in [0.15, 0.2) is 41.4 Å². The smallest absolute Gasteiger partial charge is 0.190 e. The van der Waals surface area contributed by atoms with E-state index in [-0.39, 0.29) is 0 Å². The number of aliphatic imine (C=N–C) groups is 1. The Morgan fingerprint density at radius 3 is 2.46 bits per heavy atom. The molecule has 2 rings (SSSR count). The summed E-state index contributed by atoms with van der Waals surface area (Å²) in [5.74, 6) is 0.860. The van der Waals surface area contributed by atoms with E-state index >= 15 is 0 Å². The highest BCUT2D eigenvalue weighted by Crippen LogP contribution is 2.02. The summed E-state index contributed by atoms with van der Waals surface area (Å²) in [5, 5.41) is 11.2. The Labute approximate surface area is 169 Å². The molecule has 0 aliphatic heterocycles. The monoisotopic (exact) mass is 385 g/mol. The van der Waals surface area contributed by atoms with Gasteiger partial charge in [-0.2, -0.15) is 5.10 Å². The first kappa shape index (κ1) is 22.0. The zero-order valence-corrected chi connectivity index (χ0v) is 17.6. The summed E-state index contributed by atoms with van der Waals surface area (Å²) in [6, 6.07) is 12.6. The molecule has 2 aromatic rings. The third-order valence-electron chi connectivity index (χ3n) is 4.55. The standard InChI is InChI=1S/C22H35N5O/c1-19-18-20(2)27(26-19)15-9-14-25-22(23-3)24-13-7-8-16-28-17-12-21-10-5-4-6-11-21/h4-6,10-11,18H,7-9,12-17H2,1-3H3,(H2,23,24,25). The van der Waals surface area contributed by atoms with E-state index in [2.05, 4.69) is 62.7 Å². The van der Waals surface area contributed by atoms with Crippen molar-refractivity contribution < 1.29 is 4.74 Å². The molecule has 2 N–H and O–H groups in total. The topological polar surface area (TPSA) is 63.5 Å². The van der Waals surface area contributed by atoms with Crippen LogP contribution in [-0.4, -0.2) is 49.1 Å². The van der Waals surface area contributed by atoms with E-state index in [0.29, 0.717) is 0 Å². The Kier molecular flexibility index (Phi) is 10.1. The van der Waals surface area contributed by atoms with Gasteiger partial charge in [0.2, 0.25) is 0 Å². The number of hydrogen-bond acceptors (Lipinski definition) is 3. The van der Waals surface area contributed by atoms with Crippen LogP contribution < -0.4 is 10.6 Å². The minimum atomic E-state index is 0.788. The molecule has 1 aromatic carbocycles. The van der Waals surface area contributed by atoms with E-state index < -0.39 is 0 Å². The maximum absolute atomic E-state index is 5.72. The summed E-state index contributed by atoms with van der Waals surface area (Å²) in [5.41, 5.74) is 3.62. The van der Waals surface area contributed by atoms with Crippen LogP contribution in [0, 0.1) is 13.8 Å². The second-order valence-corrected chi connectivity index (χ2v) is 6.98. The highest BCUT2D eigenvalue weighted by Gasteiger charge is 2.01. The van der Waals surface area contributed by atoms with Gasteiger partial charge in [0, 0.05) is 39.0 Å². The molecule has 154 valence electrons. The van der Waals surface area contributed by atoms with Crippen molar-refractivity contribution in [1.82, 2.24) is 20.4 Å². The predicted molar refractivity (Wildman–Crippen MR) is 116 cm³/mol. The number of nitrogens with zero attached hydrogens (tertiary/aromatic N) is 3. The van der Waals surface area contributed by atoms with Crippen LogP contribution in [0.2, 0.25) is 0 Å². The Morgan fingerprint density at radius 1 is 1.04 bits per heavy atom. The van der Waals surface area contributed by atoms with Crippen molar-refractivity contribution >= 4 is 5.96 Å². The third-order valence-corrected chi connectivity index (χ3v) is 4.55. The fourth-order valence-corrected chi connectivity index (χ4v) is 3.03. The highest BCUT2D eigenvalue weighted by molar-refractivity contribution is 5.79. The van der Waals surface area contributed by atoms with Crippen molar-refractivity contribution in [2.45, 2.75) is 46.1 Å². The molecular weight excluding hydrogens is 350 g/mol. The van der Waals surface area contributed by atoms with Crippen molar-refractivity contribution in [3.8, 4) is 0 Å². The Bertz CT molecular complexity index is 696. The number of aromatic nitrogens is 2. The summed E-state index contributed by atoms with van der Waals surface area (Å²) in [6.45, 7) is 8.42. The molecule has 0 saturated carbocycles. The number of unbranched alkanes of at least 4 members (excludes halogenated alkanes) is 1. The summed E-state index contributed by atoms with van der Waals surface area (Å²) < 4.78 is 7.78. The molecule has 1 aromatic heterocycles. The lowest BCUT2D eigenvalue weighted by molar-refractivity contribution is 0.133. The fraction of sp³-hybridized carbons (Fsp3) is 0.545. The third kappa shape index (κ3) is 8.57. The van der Waals surface area contributed by atoms with E-state index in [1.165, 1.54) is 11.3 Å². The lowest BCUT2D eigenvalue weighted by atomic mass is 10.2. The largest absolute Gasteiger partial charge is 0.381 e. The molecule has 0 radical (unpaired) electrons. The zero-order valence-electron chi connectivity index (χ0n) is 17.6. The van der Waals surface area contributed by atoms with Gasteiger partial charge in [-0.25, -0.2) is 0 Å². The molecule has 0 spiro atoms. The molecule has 28 heavy (non-hydrogen) atoms. The molecule has 0 unspecified atom stereocenters. The van der Waals surface area contributed by atoms with Crippen LogP contribution in [0.25, 0.3) is 0 Å². The van der Waals surface area contributed by atoms with Gasteiger partial charge in [0.25, 0.3) is 0 Å². The number of rotatable bonds is 12. The number of aryl methyl sites for hydroxylation is 3. The Balaban J connectivity index is 1.45. The first-order chi connectivity index (χ1) is 13.7. The Morgan fingerprint density at radius 2 is 1.79 bits per heavy atom. The molecule has 0 aliphatic carbocycles. The van der Waals surface area contributed by atoms with Crippen molar-refractivity contribution in [2.24, 2.45) is 4.99 Å². The molecule has 0 atom stereocenters. The van der Waals surface area contributed by atoms with Gasteiger partial charge in [0.05, 0.1) is 12.3 Å². The first-order valence-corrected chi connectivity index (χ1v) is 10.3. The molecule has 1 heterocycles. The summed E-state index contributed by atoms with van der Waals surface area (Å²) in [4.78, 5) is 4.28. The quantitative estimate of drug-likeness (QED) is 0.335. The van der Waals surface area contributed by atoms with Gasteiger partial charge >= 0.3 is 0 Å². The van der Waals surface area contributed by atoms with Crippen LogP contribution in [0.1, 0.15) is 36.2 Å². The number of hydrogen-bond donors (Lipinski definition) is 2. The molecule has 0 saturated heterocycles. The van der Waals surface area contributed by atoms with E-state index in [4.69, 9.17) is 4.74 Å². The molecule has 0 bridgehead atoms. The van der Waals surface area contributed by atoms with Gasteiger partial charge in [-0.1, -0.05) is 30.3 Å². The van der Waals surface area contributed by atoms with Gasteiger partial charge in [-0.05, 0) is 51.2 Å². The predicted octanol–water partition coefficient (Wildman–Crippen LogP) is 3.09. The number of ether oxygens (including phenoxy) is 1. The van der Waals surface area contributed by atoms with E-state index in [1.807, 2.05) is 20.0 Å². The molecule has 0 aliphatic rings. The van der Waals surface area contributed by atoms with Crippen molar-refractivity contribution in [3.63, 3.8) is 0 Å². The van der Waals surface area contributed by atoms with Gasteiger partial charge < -0.3 is 15.4 Å². The molecule has 0 amide bonds. The van der Waals surface area contributed by atoms with Gasteiger partial charge in [0.1, 0.15) is 0 Å². The summed E-state index contributed by atoms with van der Waals surface area (Å²) in [6.07, 6.45) is 4.11. The average molecular weight is 386 g/mol. The second-order valence-electron chi connectivity index (χ2n) is 6.98. The molecule has 6 heteroatoms. The van der Waals surface area contributed by atoms with E-state index in [1.54, 1.807) is 0 Å². The minimum Gasteiger partial charge on any atom is -0.381 e. The van der Waals surface area contributed by atoms with E-state index in [9.17, 15) is 0 Å². The Hall–Kier alpha value is -2.34.